The Morgan fingerprint density at radius 3 is 2.11 bits per heavy atom. The molecule has 0 radical (unpaired) electrons. The lowest BCUT2D eigenvalue weighted by molar-refractivity contribution is 0.348. The molecule has 2 unspecified atom stereocenters. The van der Waals surface area contributed by atoms with Crippen LogP contribution < -0.4 is 0 Å². The molecule has 1 rings (SSSR count). The largest absolute Gasteiger partial charge is 0.0654 e. The SMILES string of the molecule is CCCCCCCCC(C)C(C)Cc1ccccc1. The highest BCUT2D eigenvalue weighted by atomic mass is 14.2. The van der Waals surface area contributed by atoms with Gasteiger partial charge in [-0.25, -0.2) is 0 Å². The van der Waals surface area contributed by atoms with Crippen LogP contribution in [0.25, 0.3) is 0 Å². The van der Waals surface area contributed by atoms with Crippen molar-refractivity contribution < 1.29 is 0 Å². The van der Waals surface area contributed by atoms with Crippen LogP contribution in [0, 0.1) is 11.8 Å². The topological polar surface area (TPSA) is 0 Å². The fourth-order valence-corrected chi connectivity index (χ4v) is 2.72. The first kappa shape index (κ1) is 16.3. The maximum atomic E-state index is 2.43. The van der Waals surface area contributed by atoms with E-state index in [1.165, 1.54) is 56.9 Å². The van der Waals surface area contributed by atoms with E-state index in [1.807, 2.05) is 0 Å². The average molecular weight is 260 g/mol. The molecule has 2 atom stereocenters. The Bertz CT molecular complexity index is 301. The zero-order valence-corrected chi connectivity index (χ0v) is 13.2. The summed E-state index contributed by atoms with van der Waals surface area (Å²) in [5.41, 5.74) is 1.49. The number of benzene rings is 1. The minimum Gasteiger partial charge on any atom is -0.0654 e. The summed E-state index contributed by atoms with van der Waals surface area (Å²) < 4.78 is 0. The molecular weight excluding hydrogens is 228 g/mol. The third kappa shape index (κ3) is 7.40. The van der Waals surface area contributed by atoms with Gasteiger partial charge in [-0.05, 0) is 23.8 Å². The molecule has 0 saturated carbocycles. The van der Waals surface area contributed by atoms with Crippen molar-refractivity contribution in [1.82, 2.24) is 0 Å². The van der Waals surface area contributed by atoms with Gasteiger partial charge in [-0.3, -0.25) is 0 Å². The van der Waals surface area contributed by atoms with Crippen molar-refractivity contribution in [3.8, 4) is 0 Å². The van der Waals surface area contributed by atoms with E-state index in [0.29, 0.717) is 0 Å². The van der Waals surface area contributed by atoms with E-state index >= 15 is 0 Å². The predicted molar refractivity (Wildman–Crippen MR) is 86.5 cm³/mol. The molecule has 19 heavy (non-hydrogen) atoms. The Hall–Kier alpha value is -0.780. The lowest BCUT2D eigenvalue weighted by atomic mass is 9.86. The normalized spacial score (nSPS) is 14.3. The Kier molecular flexibility index (Phi) is 8.62. The summed E-state index contributed by atoms with van der Waals surface area (Å²) in [6.45, 7) is 7.13. The first-order valence-electron chi connectivity index (χ1n) is 8.28. The van der Waals surface area contributed by atoms with Gasteiger partial charge in [0.25, 0.3) is 0 Å². The molecule has 108 valence electrons. The minimum atomic E-state index is 0.804. The third-order valence-electron chi connectivity index (χ3n) is 4.38. The molecule has 0 N–H and O–H groups in total. The molecule has 1 aromatic rings. The van der Waals surface area contributed by atoms with Crippen molar-refractivity contribution in [2.45, 2.75) is 72.1 Å². The second-order valence-electron chi connectivity index (χ2n) is 6.20. The van der Waals surface area contributed by atoms with Crippen LogP contribution in [0.4, 0.5) is 0 Å². The Morgan fingerprint density at radius 1 is 0.789 bits per heavy atom. The summed E-state index contributed by atoms with van der Waals surface area (Å²) in [5.74, 6) is 1.66. The van der Waals surface area contributed by atoms with Crippen molar-refractivity contribution >= 4 is 0 Å². The number of rotatable bonds is 10. The zero-order valence-electron chi connectivity index (χ0n) is 13.2. The van der Waals surface area contributed by atoms with E-state index in [1.54, 1.807) is 0 Å². The van der Waals surface area contributed by atoms with E-state index in [0.717, 1.165) is 11.8 Å². The summed E-state index contributed by atoms with van der Waals surface area (Å²) in [6.07, 6.45) is 11.1. The highest BCUT2D eigenvalue weighted by Crippen LogP contribution is 2.22. The van der Waals surface area contributed by atoms with Crippen molar-refractivity contribution in [3.05, 3.63) is 35.9 Å². The van der Waals surface area contributed by atoms with Gasteiger partial charge in [-0.2, -0.15) is 0 Å². The van der Waals surface area contributed by atoms with Gasteiger partial charge >= 0.3 is 0 Å². The standard InChI is InChI=1S/C19H32/c1-4-5-6-7-8-10-13-17(2)18(3)16-19-14-11-9-12-15-19/h9,11-12,14-15,17-18H,4-8,10,13,16H2,1-3H3. The number of hydrogen-bond donors (Lipinski definition) is 0. The lowest BCUT2D eigenvalue weighted by Gasteiger charge is -2.20. The fourth-order valence-electron chi connectivity index (χ4n) is 2.72. The second-order valence-corrected chi connectivity index (χ2v) is 6.20. The summed E-state index contributed by atoms with van der Waals surface area (Å²) in [4.78, 5) is 0. The first-order valence-corrected chi connectivity index (χ1v) is 8.28. The van der Waals surface area contributed by atoms with Crippen LogP contribution in [0.2, 0.25) is 0 Å². The van der Waals surface area contributed by atoms with Crippen LogP contribution in [-0.2, 0) is 6.42 Å². The Balaban J connectivity index is 2.13. The van der Waals surface area contributed by atoms with Gasteiger partial charge in [0, 0.05) is 0 Å². The van der Waals surface area contributed by atoms with Gasteiger partial charge < -0.3 is 0 Å². The molecule has 0 amide bonds. The Labute approximate surface area is 120 Å². The summed E-state index contributed by atoms with van der Waals surface area (Å²) in [5, 5.41) is 0. The van der Waals surface area contributed by atoms with Crippen LogP contribution in [0.15, 0.2) is 30.3 Å². The maximum absolute atomic E-state index is 2.43. The first-order chi connectivity index (χ1) is 9.24. The molecule has 0 aliphatic rings. The highest BCUT2D eigenvalue weighted by Gasteiger charge is 2.12. The molecule has 0 fully saturated rings. The third-order valence-corrected chi connectivity index (χ3v) is 4.38. The van der Waals surface area contributed by atoms with Gasteiger partial charge in [0.05, 0.1) is 0 Å². The summed E-state index contributed by atoms with van der Waals surface area (Å²) >= 11 is 0. The highest BCUT2D eigenvalue weighted by molar-refractivity contribution is 5.15. The van der Waals surface area contributed by atoms with Crippen LogP contribution >= 0.6 is 0 Å². The minimum absolute atomic E-state index is 0.804. The molecule has 0 bridgehead atoms. The van der Waals surface area contributed by atoms with Crippen molar-refractivity contribution in [2.75, 3.05) is 0 Å². The molecule has 0 saturated heterocycles. The molecule has 1 aromatic carbocycles. The number of hydrogen-bond acceptors (Lipinski definition) is 0. The van der Waals surface area contributed by atoms with Gasteiger partial charge in [0.15, 0.2) is 0 Å². The van der Waals surface area contributed by atoms with Crippen LogP contribution in [0.3, 0.4) is 0 Å². The van der Waals surface area contributed by atoms with E-state index in [9.17, 15) is 0 Å². The molecule has 0 heteroatoms. The van der Waals surface area contributed by atoms with Crippen molar-refractivity contribution in [1.29, 1.82) is 0 Å². The van der Waals surface area contributed by atoms with Gasteiger partial charge in [-0.15, -0.1) is 0 Å². The van der Waals surface area contributed by atoms with Crippen molar-refractivity contribution in [2.24, 2.45) is 11.8 Å². The molecule has 0 aliphatic heterocycles. The van der Waals surface area contributed by atoms with E-state index in [-0.39, 0.29) is 0 Å². The fraction of sp³-hybridized carbons (Fsp3) is 0.684. The number of unbranched alkanes of at least 4 members (excludes halogenated alkanes) is 5. The van der Waals surface area contributed by atoms with E-state index in [2.05, 4.69) is 51.1 Å². The molecule has 0 heterocycles. The lowest BCUT2D eigenvalue weighted by Crippen LogP contribution is -2.11. The molecule has 0 spiro atoms. The predicted octanol–water partition coefficient (Wildman–Crippen LogP) is 6.25. The Morgan fingerprint density at radius 2 is 1.42 bits per heavy atom. The molecule has 0 aromatic heterocycles. The zero-order chi connectivity index (χ0) is 13.9. The van der Waals surface area contributed by atoms with Gasteiger partial charge in [0.1, 0.15) is 0 Å². The van der Waals surface area contributed by atoms with Crippen molar-refractivity contribution in [3.63, 3.8) is 0 Å². The smallest absolute Gasteiger partial charge is 0.0250 e. The van der Waals surface area contributed by atoms with E-state index in [4.69, 9.17) is 0 Å². The summed E-state index contributed by atoms with van der Waals surface area (Å²) in [7, 11) is 0. The average Bonchev–Trinajstić information content (AvgIpc) is 2.43. The maximum Gasteiger partial charge on any atom is -0.0250 e. The molecular formula is C19H32. The van der Waals surface area contributed by atoms with Gasteiger partial charge in [0.2, 0.25) is 0 Å². The van der Waals surface area contributed by atoms with Gasteiger partial charge in [-0.1, -0.05) is 96.0 Å². The molecule has 0 nitrogen and oxygen atoms in total. The van der Waals surface area contributed by atoms with Crippen LogP contribution in [-0.4, -0.2) is 0 Å². The van der Waals surface area contributed by atoms with E-state index < -0.39 is 0 Å². The van der Waals surface area contributed by atoms with Crippen LogP contribution in [0.1, 0.15) is 71.3 Å². The summed E-state index contributed by atoms with van der Waals surface area (Å²) in [6, 6.07) is 10.9. The molecule has 0 aliphatic carbocycles. The quantitative estimate of drug-likeness (QED) is 0.436. The second kappa shape index (κ2) is 10.1. The monoisotopic (exact) mass is 260 g/mol. The van der Waals surface area contributed by atoms with Crippen LogP contribution in [0.5, 0.6) is 0 Å².